The highest BCUT2D eigenvalue weighted by atomic mass is 16.1. The number of hydrogen-bond acceptors (Lipinski definition) is 2. The van der Waals surface area contributed by atoms with Gasteiger partial charge in [0.15, 0.2) is 0 Å². The predicted molar refractivity (Wildman–Crippen MR) is 94.2 cm³/mol. The standard InChI is InChI=1S/C20H18N2O/c1-2-3-4-5-8-15-11-13-16(14-12-15)19-21-18-10-7-6-9-17(18)20(23)22-19/h6-7,9-14H,2-4H2,1H3,(H,21,22,23). The zero-order valence-electron chi connectivity index (χ0n) is 13.1. The minimum atomic E-state index is -0.117. The molecule has 2 aromatic carbocycles. The van der Waals surface area contributed by atoms with Crippen molar-refractivity contribution in [1.82, 2.24) is 9.97 Å². The minimum absolute atomic E-state index is 0.117. The second-order valence-corrected chi connectivity index (χ2v) is 5.41. The van der Waals surface area contributed by atoms with Crippen LogP contribution in [0.25, 0.3) is 22.3 Å². The van der Waals surface area contributed by atoms with Crippen LogP contribution in [0.15, 0.2) is 53.3 Å². The molecule has 3 aromatic rings. The van der Waals surface area contributed by atoms with E-state index < -0.39 is 0 Å². The molecule has 3 nitrogen and oxygen atoms in total. The number of benzene rings is 2. The van der Waals surface area contributed by atoms with Crippen LogP contribution in [-0.2, 0) is 0 Å². The first-order valence-electron chi connectivity index (χ1n) is 7.86. The number of rotatable bonds is 3. The van der Waals surface area contributed by atoms with Gasteiger partial charge < -0.3 is 4.98 Å². The van der Waals surface area contributed by atoms with Gasteiger partial charge in [-0.05, 0) is 30.7 Å². The Kier molecular flexibility index (Phi) is 4.54. The smallest absolute Gasteiger partial charge is 0.259 e. The van der Waals surface area contributed by atoms with Crippen molar-refractivity contribution in [2.24, 2.45) is 0 Å². The van der Waals surface area contributed by atoms with E-state index in [4.69, 9.17) is 0 Å². The number of nitrogens with one attached hydrogen (secondary N) is 1. The first kappa shape index (κ1) is 15.1. The second-order valence-electron chi connectivity index (χ2n) is 5.41. The lowest BCUT2D eigenvalue weighted by Gasteiger charge is -2.03. The van der Waals surface area contributed by atoms with Gasteiger partial charge in [-0.15, -0.1) is 0 Å². The maximum absolute atomic E-state index is 12.1. The van der Waals surface area contributed by atoms with E-state index in [9.17, 15) is 4.79 Å². The fourth-order valence-electron chi connectivity index (χ4n) is 2.36. The van der Waals surface area contributed by atoms with Crippen LogP contribution in [0.1, 0.15) is 31.7 Å². The first-order chi connectivity index (χ1) is 11.3. The Morgan fingerprint density at radius 2 is 1.87 bits per heavy atom. The molecule has 0 unspecified atom stereocenters. The van der Waals surface area contributed by atoms with Gasteiger partial charge in [-0.1, -0.05) is 49.5 Å². The monoisotopic (exact) mass is 302 g/mol. The number of aromatic amines is 1. The van der Waals surface area contributed by atoms with Crippen molar-refractivity contribution in [1.29, 1.82) is 0 Å². The maximum atomic E-state index is 12.1. The summed E-state index contributed by atoms with van der Waals surface area (Å²) < 4.78 is 0. The molecule has 3 rings (SSSR count). The van der Waals surface area contributed by atoms with Crippen LogP contribution in [-0.4, -0.2) is 9.97 Å². The Bertz CT molecular complexity index is 927. The molecule has 0 radical (unpaired) electrons. The first-order valence-corrected chi connectivity index (χ1v) is 7.86. The lowest BCUT2D eigenvalue weighted by Crippen LogP contribution is -2.09. The molecule has 0 atom stereocenters. The van der Waals surface area contributed by atoms with E-state index >= 15 is 0 Å². The van der Waals surface area contributed by atoms with Crippen molar-refractivity contribution < 1.29 is 0 Å². The molecule has 0 saturated heterocycles. The summed E-state index contributed by atoms with van der Waals surface area (Å²) in [5, 5.41) is 0.606. The van der Waals surface area contributed by atoms with Gasteiger partial charge in [-0.3, -0.25) is 4.79 Å². The third-order valence-corrected chi connectivity index (χ3v) is 3.66. The Labute approximate surface area is 135 Å². The average molecular weight is 302 g/mol. The van der Waals surface area contributed by atoms with Crippen molar-refractivity contribution in [3.63, 3.8) is 0 Å². The number of fused-ring (bicyclic) bond motifs is 1. The molecule has 0 spiro atoms. The maximum Gasteiger partial charge on any atom is 0.259 e. The van der Waals surface area contributed by atoms with Crippen LogP contribution >= 0.6 is 0 Å². The quantitative estimate of drug-likeness (QED) is 0.584. The van der Waals surface area contributed by atoms with Crippen molar-refractivity contribution in [2.45, 2.75) is 26.2 Å². The highest BCUT2D eigenvalue weighted by Gasteiger charge is 2.05. The fraction of sp³-hybridized carbons (Fsp3) is 0.200. The molecule has 0 saturated carbocycles. The number of hydrogen-bond donors (Lipinski definition) is 1. The third kappa shape index (κ3) is 3.49. The highest BCUT2D eigenvalue weighted by Crippen LogP contribution is 2.16. The van der Waals surface area contributed by atoms with Gasteiger partial charge in [0, 0.05) is 17.5 Å². The van der Waals surface area contributed by atoms with E-state index in [1.165, 1.54) is 0 Å². The minimum Gasteiger partial charge on any atom is -0.306 e. The molecule has 1 aromatic heterocycles. The molecule has 0 aliphatic carbocycles. The lowest BCUT2D eigenvalue weighted by atomic mass is 10.1. The van der Waals surface area contributed by atoms with Crippen LogP contribution in [0.3, 0.4) is 0 Å². The number of para-hydroxylation sites is 1. The van der Waals surface area contributed by atoms with Gasteiger partial charge in [-0.25, -0.2) is 4.98 Å². The molecule has 0 fully saturated rings. The van der Waals surface area contributed by atoms with Gasteiger partial charge in [0.05, 0.1) is 10.9 Å². The Balaban J connectivity index is 1.90. The average Bonchev–Trinajstić information content (AvgIpc) is 2.59. The summed E-state index contributed by atoms with van der Waals surface area (Å²) in [6.45, 7) is 2.16. The Morgan fingerprint density at radius 1 is 1.09 bits per heavy atom. The zero-order chi connectivity index (χ0) is 16.1. The molecular weight excluding hydrogens is 284 g/mol. The fourth-order valence-corrected chi connectivity index (χ4v) is 2.36. The normalized spacial score (nSPS) is 10.3. The zero-order valence-corrected chi connectivity index (χ0v) is 13.1. The molecule has 1 N–H and O–H groups in total. The molecule has 1 heterocycles. The van der Waals surface area contributed by atoms with Crippen molar-refractivity contribution >= 4 is 10.9 Å². The van der Waals surface area contributed by atoms with Crippen LogP contribution < -0.4 is 5.56 Å². The largest absolute Gasteiger partial charge is 0.306 e. The SMILES string of the molecule is CCCCC#Cc1ccc(-c2nc3ccccc3c(=O)[nH]2)cc1. The van der Waals surface area contributed by atoms with Crippen molar-refractivity contribution in [3.05, 3.63) is 64.4 Å². The number of unbranched alkanes of at least 4 members (excludes halogenated alkanes) is 2. The van der Waals surface area contributed by atoms with E-state index in [0.29, 0.717) is 16.7 Å². The summed E-state index contributed by atoms with van der Waals surface area (Å²) >= 11 is 0. The second kappa shape index (κ2) is 6.93. The number of H-pyrrole nitrogens is 1. The summed E-state index contributed by atoms with van der Waals surface area (Å²) in [7, 11) is 0. The van der Waals surface area contributed by atoms with Crippen molar-refractivity contribution in [3.8, 4) is 23.2 Å². The van der Waals surface area contributed by atoms with E-state index in [1.54, 1.807) is 6.07 Å². The van der Waals surface area contributed by atoms with Gasteiger partial charge >= 0.3 is 0 Å². The molecule has 114 valence electrons. The van der Waals surface area contributed by atoms with Crippen LogP contribution in [0.5, 0.6) is 0 Å². The van der Waals surface area contributed by atoms with Gasteiger partial charge in [0.2, 0.25) is 0 Å². The summed E-state index contributed by atoms with van der Waals surface area (Å²) in [6, 6.07) is 15.2. The predicted octanol–water partition coefficient (Wildman–Crippen LogP) is 4.13. The summed E-state index contributed by atoms with van der Waals surface area (Å²) in [6.07, 6.45) is 3.22. The van der Waals surface area contributed by atoms with E-state index in [0.717, 1.165) is 30.4 Å². The topological polar surface area (TPSA) is 45.8 Å². The molecule has 0 bridgehead atoms. The van der Waals surface area contributed by atoms with Crippen LogP contribution in [0.2, 0.25) is 0 Å². The molecule has 0 aliphatic rings. The summed E-state index contributed by atoms with van der Waals surface area (Å²) in [5.41, 5.74) is 2.45. The summed E-state index contributed by atoms with van der Waals surface area (Å²) in [5.74, 6) is 6.91. The van der Waals surface area contributed by atoms with Crippen molar-refractivity contribution in [2.75, 3.05) is 0 Å². The third-order valence-electron chi connectivity index (χ3n) is 3.66. The lowest BCUT2D eigenvalue weighted by molar-refractivity contribution is 0.828. The van der Waals surface area contributed by atoms with E-state index in [2.05, 4.69) is 28.7 Å². The molecule has 0 amide bonds. The Hall–Kier alpha value is -2.86. The summed E-state index contributed by atoms with van der Waals surface area (Å²) in [4.78, 5) is 19.5. The van der Waals surface area contributed by atoms with Gasteiger partial charge in [0.25, 0.3) is 5.56 Å². The Morgan fingerprint density at radius 3 is 2.65 bits per heavy atom. The molecular formula is C20H18N2O. The van der Waals surface area contributed by atoms with E-state index in [1.807, 2.05) is 42.5 Å². The van der Waals surface area contributed by atoms with Gasteiger partial charge in [0.1, 0.15) is 5.82 Å². The molecule has 23 heavy (non-hydrogen) atoms. The van der Waals surface area contributed by atoms with Crippen LogP contribution in [0.4, 0.5) is 0 Å². The molecule has 0 aliphatic heterocycles. The number of aromatic nitrogens is 2. The van der Waals surface area contributed by atoms with E-state index in [-0.39, 0.29) is 5.56 Å². The number of nitrogens with zero attached hydrogens (tertiary/aromatic N) is 1. The van der Waals surface area contributed by atoms with Gasteiger partial charge in [-0.2, -0.15) is 0 Å². The highest BCUT2D eigenvalue weighted by molar-refractivity contribution is 5.79. The van der Waals surface area contributed by atoms with Crippen LogP contribution in [0, 0.1) is 11.8 Å². The molecule has 3 heteroatoms.